The van der Waals surface area contributed by atoms with Gasteiger partial charge in [-0.25, -0.2) is 4.98 Å². The molecule has 1 aromatic carbocycles. The van der Waals surface area contributed by atoms with E-state index in [-0.39, 0.29) is 12.4 Å². The lowest BCUT2D eigenvalue weighted by atomic mass is 10.1. The van der Waals surface area contributed by atoms with E-state index in [2.05, 4.69) is 36.3 Å². The Morgan fingerprint density at radius 2 is 2.20 bits per heavy atom. The number of ether oxygens (including phenoxy) is 1. The molecule has 1 heterocycles. The SMILES string of the molecule is CCNCc1cc(C)ccc1OCCc1ncco1.Cl. The van der Waals surface area contributed by atoms with Gasteiger partial charge in [0.1, 0.15) is 12.0 Å². The van der Waals surface area contributed by atoms with Crippen LogP contribution in [0.2, 0.25) is 0 Å². The summed E-state index contributed by atoms with van der Waals surface area (Å²) in [4.78, 5) is 4.07. The molecule has 0 radical (unpaired) electrons. The maximum Gasteiger partial charge on any atom is 0.197 e. The minimum absolute atomic E-state index is 0. The van der Waals surface area contributed by atoms with E-state index in [0.29, 0.717) is 18.9 Å². The van der Waals surface area contributed by atoms with Crippen molar-refractivity contribution in [1.29, 1.82) is 0 Å². The molecule has 0 atom stereocenters. The van der Waals surface area contributed by atoms with Crippen LogP contribution in [-0.2, 0) is 13.0 Å². The Kier molecular flexibility index (Phi) is 7.12. The molecule has 2 rings (SSSR count). The van der Waals surface area contributed by atoms with Gasteiger partial charge in [0.05, 0.1) is 19.2 Å². The van der Waals surface area contributed by atoms with Crippen LogP contribution in [0, 0.1) is 6.92 Å². The fourth-order valence-corrected chi connectivity index (χ4v) is 1.87. The van der Waals surface area contributed by atoms with Crippen molar-refractivity contribution in [2.24, 2.45) is 0 Å². The van der Waals surface area contributed by atoms with E-state index in [9.17, 15) is 0 Å². The lowest BCUT2D eigenvalue weighted by Crippen LogP contribution is -2.13. The smallest absolute Gasteiger partial charge is 0.197 e. The summed E-state index contributed by atoms with van der Waals surface area (Å²) in [6.07, 6.45) is 3.91. The van der Waals surface area contributed by atoms with E-state index in [1.807, 2.05) is 6.07 Å². The van der Waals surface area contributed by atoms with Crippen molar-refractivity contribution in [3.8, 4) is 5.75 Å². The molecule has 0 aliphatic heterocycles. The number of oxazole rings is 1. The number of aromatic nitrogens is 1. The quantitative estimate of drug-likeness (QED) is 0.853. The second-order valence-electron chi connectivity index (χ2n) is 4.42. The number of aryl methyl sites for hydroxylation is 1. The molecule has 2 aromatic rings. The Hall–Kier alpha value is -1.52. The van der Waals surface area contributed by atoms with E-state index >= 15 is 0 Å². The Morgan fingerprint density at radius 1 is 1.35 bits per heavy atom. The lowest BCUT2D eigenvalue weighted by molar-refractivity contribution is 0.302. The van der Waals surface area contributed by atoms with Gasteiger partial charge in [0.25, 0.3) is 0 Å². The fourth-order valence-electron chi connectivity index (χ4n) is 1.87. The van der Waals surface area contributed by atoms with E-state index in [0.717, 1.165) is 18.8 Å². The first-order valence-corrected chi connectivity index (χ1v) is 6.61. The number of rotatable bonds is 7. The second kappa shape index (κ2) is 8.61. The second-order valence-corrected chi connectivity index (χ2v) is 4.42. The Balaban J connectivity index is 0.00000200. The van der Waals surface area contributed by atoms with Gasteiger partial charge < -0.3 is 14.5 Å². The number of nitrogens with zero attached hydrogens (tertiary/aromatic N) is 1. The van der Waals surface area contributed by atoms with Crippen LogP contribution in [0.5, 0.6) is 5.75 Å². The summed E-state index contributed by atoms with van der Waals surface area (Å²) in [7, 11) is 0. The molecule has 1 aromatic heterocycles. The average Bonchev–Trinajstić information content (AvgIpc) is 2.91. The maximum absolute atomic E-state index is 5.82. The molecule has 0 amide bonds. The normalized spacial score (nSPS) is 10.1. The number of nitrogens with one attached hydrogen (secondary N) is 1. The van der Waals surface area contributed by atoms with Crippen LogP contribution in [0.25, 0.3) is 0 Å². The third kappa shape index (κ3) is 4.87. The molecular formula is C15H21ClN2O2. The highest BCUT2D eigenvalue weighted by Crippen LogP contribution is 2.20. The first-order chi connectivity index (χ1) is 9.29. The van der Waals surface area contributed by atoms with Gasteiger partial charge in [0.2, 0.25) is 0 Å². The zero-order chi connectivity index (χ0) is 13.5. The van der Waals surface area contributed by atoms with Crippen molar-refractivity contribution in [3.63, 3.8) is 0 Å². The highest BCUT2D eigenvalue weighted by molar-refractivity contribution is 5.85. The topological polar surface area (TPSA) is 47.3 Å². The van der Waals surface area contributed by atoms with Gasteiger partial charge in [0.15, 0.2) is 5.89 Å². The molecule has 0 bridgehead atoms. The molecule has 0 aliphatic carbocycles. The Bertz CT molecular complexity index is 501. The predicted octanol–water partition coefficient (Wildman–Crippen LogP) is 3.14. The first kappa shape index (κ1) is 16.5. The molecule has 0 unspecified atom stereocenters. The summed E-state index contributed by atoms with van der Waals surface area (Å²) in [6.45, 7) is 6.53. The molecule has 0 spiro atoms. The minimum atomic E-state index is 0. The summed E-state index contributed by atoms with van der Waals surface area (Å²) in [5.41, 5.74) is 2.43. The van der Waals surface area contributed by atoms with Crippen LogP contribution in [0.3, 0.4) is 0 Å². The molecule has 0 saturated heterocycles. The molecule has 4 nitrogen and oxygen atoms in total. The molecule has 5 heteroatoms. The van der Waals surface area contributed by atoms with Gasteiger partial charge in [-0.3, -0.25) is 0 Å². The van der Waals surface area contributed by atoms with Crippen LogP contribution in [0.4, 0.5) is 0 Å². The van der Waals surface area contributed by atoms with Crippen molar-refractivity contribution < 1.29 is 9.15 Å². The van der Waals surface area contributed by atoms with Crippen molar-refractivity contribution in [2.75, 3.05) is 13.2 Å². The summed E-state index contributed by atoms with van der Waals surface area (Å²) in [6, 6.07) is 6.25. The van der Waals surface area contributed by atoms with Crippen molar-refractivity contribution >= 4 is 12.4 Å². The van der Waals surface area contributed by atoms with Crippen LogP contribution >= 0.6 is 12.4 Å². The van der Waals surface area contributed by atoms with Gasteiger partial charge in [-0.05, 0) is 19.5 Å². The van der Waals surface area contributed by atoms with Crippen LogP contribution in [-0.4, -0.2) is 18.1 Å². The minimum Gasteiger partial charge on any atom is -0.493 e. The number of hydrogen-bond donors (Lipinski definition) is 1. The van der Waals surface area contributed by atoms with Gasteiger partial charge in [-0.1, -0.05) is 24.6 Å². The van der Waals surface area contributed by atoms with Crippen LogP contribution in [0.1, 0.15) is 23.9 Å². The van der Waals surface area contributed by atoms with Gasteiger partial charge in [-0.15, -0.1) is 12.4 Å². The van der Waals surface area contributed by atoms with Crippen molar-refractivity contribution in [1.82, 2.24) is 10.3 Å². The van der Waals surface area contributed by atoms with E-state index in [4.69, 9.17) is 9.15 Å². The van der Waals surface area contributed by atoms with Gasteiger partial charge in [0, 0.05) is 12.1 Å². The van der Waals surface area contributed by atoms with Crippen molar-refractivity contribution in [3.05, 3.63) is 47.7 Å². The van der Waals surface area contributed by atoms with Crippen LogP contribution < -0.4 is 10.1 Å². The largest absolute Gasteiger partial charge is 0.493 e. The highest BCUT2D eigenvalue weighted by Gasteiger charge is 2.05. The fraction of sp³-hybridized carbons (Fsp3) is 0.400. The maximum atomic E-state index is 5.82. The standard InChI is InChI=1S/C15H20N2O2.ClH/c1-3-16-11-13-10-12(2)4-5-14(13)18-8-6-15-17-7-9-19-15;/h4-5,7,9-10,16H,3,6,8,11H2,1-2H3;1H. The Morgan fingerprint density at radius 3 is 2.90 bits per heavy atom. The lowest BCUT2D eigenvalue weighted by Gasteiger charge is -2.12. The third-order valence-corrected chi connectivity index (χ3v) is 2.84. The van der Waals surface area contributed by atoms with Gasteiger partial charge >= 0.3 is 0 Å². The molecular weight excluding hydrogens is 276 g/mol. The zero-order valence-corrected chi connectivity index (χ0v) is 12.7. The Labute approximate surface area is 126 Å². The number of halogens is 1. The summed E-state index contributed by atoms with van der Waals surface area (Å²) in [5, 5.41) is 3.33. The van der Waals surface area contributed by atoms with Crippen molar-refractivity contribution in [2.45, 2.75) is 26.8 Å². The molecule has 0 saturated carbocycles. The molecule has 20 heavy (non-hydrogen) atoms. The first-order valence-electron chi connectivity index (χ1n) is 6.61. The summed E-state index contributed by atoms with van der Waals surface area (Å²) in [5.74, 6) is 1.64. The molecule has 0 fully saturated rings. The number of hydrogen-bond acceptors (Lipinski definition) is 4. The molecule has 1 N–H and O–H groups in total. The predicted molar refractivity (Wildman–Crippen MR) is 81.5 cm³/mol. The van der Waals surface area contributed by atoms with E-state index in [1.54, 1.807) is 12.5 Å². The summed E-state index contributed by atoms with van der Waals surface area (Å²) >= 11 is 0. The average molecular weight is 297 g/mol. The molecule has 110 valence electrons. The van der Waals surface area contributed by atoms with E-state index < -0.39 is 0 Å². The third-order valence-electron chi connectivity index (χ3n) is 2.84. The van der Waals surface area contributed by atoms with E-state index in [1.165, 1.54) is 11.1 Å². The zero-order valence-electron chi connectivity index (χ0n) is 11.9. The summed E-state index contributed by atoms with van der Waals surface area (Å²) < 4.78 is 11.0. The monoisotopic (exact) mass is 296 g/mol. The number of benzene rings is 1. The van der Waals surface area contributed by atoms with Crippen LogP contribution in [0.15, 0.2) is 35.1 Å². The molecule has 0 aliphatic rings. The highest BCUT2D eigenvalue weighted by atomic mass is 35.5. The van der Waals surface area contributed by atoms with Gasteiger partial charge in [-0.2, -0.15) is 0 Å².